The van der Waals surface area contributed by atoms with E-state index in [4.69, 9.17) is 15.9 Å². The second-order valence-corrected chi connectivity index (χ2v) is 5.76. The van der Waals surface area contributed by atoms with Crippen LogP contribution in [0.25, 0.3) is 0 Å². The SMILES string of the molecule is CCOC(=O)Cn1nc(C)c(C#N)c1S(=O)(=O)Cl. The lowest BCUT2D eigenvalue weighted by atomic mass is 10.3. The maximum Gasteiger partial charge on any atom is 0.327 e. The fourth-order valence-electron chi connectivity index (χ4n) is 1.37. The molecule has 0 aliphatic rings. The molecule has 1 aromatic rings. The van der Waals surface area contributed by atoms with Crippen LogP contribution in [0.5, 0.6) is 0 Å². The monoisotopic (exact) mass is 291 g/mol. The molecule has 1 heterocycles. The lowest BCUT2D eigenvalue weighted by Gasteiger charge is -2.04. The minimum atomic E-state index is -4.17. The first kappa shape index (κ1) is 14.5. The van der Waals surface area contributed by atoms with Crippen LogP contribution in [0, 0.1) is 18.3 Å². The Balaban J connectivity index is 3.30. The molecule has 0 saturated heterocycles. The predicted octanol–water partition coefficient (Wildman–Crippen LogP) is 0.554. The summed E-state index contributed by atoms with van der Waals surface area (Å²) >= 11 is 0. The highest BCUT2D eigenvalue weighted by atomic mass is 35.7. The van der Waals surface area contributed by atoms with Crippen molar-refractivity contribution in [3.63, 3.8) is 0 Å². The number of hydrogen-bond acceptors (Lipinski definition) is 6. The predicted molar refractivity (Wildman–Crippen MR) is 61.4 cm³/mol. The van der Waals surface area contributed by atoms with Crippen LogP contribution in [-0.2, 0) is 25.1 Å². The van der Waals surface area contributed by atoms with Crippen LogP contribution in [0.1, 0.15) is 18.2 Å². The van der Waals surface area contributed by atoms with Gasteiger partial charge in [-0.15, -0.1) is 0 Å². The summed E-state index contributed by atoms with van der Waals surface area (Å²) in [6, 6.07) is 1.70. The van der Waals surface area contributed by atoms with Crippen LogP contribution in [0.15, 0.2) is 5.03 Å². The van der Waals surface area contributed by atoms with Crippen LogP contribution < -0.4 is 0 Å². The van der Waals surface area contributed by atoms with Crippen molar-refractivity contribution in [1.29, 1.82) is 5.26 Å². The summed E-state index contributed by atoms with van der Waals surface area (Å²) in [7, 11) is 1.06. The Morgan fingerprint density at radius 1 is 1.61 bits per heavy atom. The van der Waals surface area contributed by atoms with Crippen molar-refractivity contribution in [3.8, 4) is 6.07 Å². The summed E-state index contributed by atoms with van der Waals surface area (Å²) in [5.41, 5.74) is 0.00956. The van der Waals surface area contributed by atoms with Gasteiger partial charge in [0.25, 0.3) is 9.05 Å². The maximum absolute atomic E-state index is 11.4. The Labute approximate surface area is 108 Å². The minimum absolute atomic E-state index is 0.160. The van der Waals surface area contributed by atoms with Gasteiger partial charge in [0.15, 0.2) is 5.03 Å². The Hall–Kier alpha value is -1.59. The fraction of sp³-hybridized carbons (Fsp3) is 0.444. The highest BCUT2D eigenvalue weighted by molar-refractivity contribution is 8.13. The van der Waals surface area contributed by atoms with Gasteiger partial charge in [-0.1, -0.05) is 0 Å². The summed E-state index contributed by atoms with van der Waals surface area (Å²) in [6.45, 7) is 2.81. The molecular weight excluding hydrogens is 282 g/mol. The molecule has 0 bridgehead atoms. The van der Waals surface area contributed by atoms with Gasteiger partial charge in [-0.05, 0) is 13.8 Å². The molecule has 0 spiro atoms. The van der Waals surface area contributed by atoms with Gasteiger partial charge in [-0.2, -0.15) is 10.4 Å². The van der Waals surface area contributed by atoms with Gasteiger partial charge in [-0.25, -0.2) is 13.1 Å². The van der Waals surface area contributed by atoms with E-state index in [2.05, 4.69) is 9.84 Å². The summed E-state index contributed by atoms with van der Waals surface area (Å²) in [5.74, 6) is -0.661. The molecule has 9 heteroatoms. The molecule has 0 fully saturated rings. The summed E-state index contributed by atoms with van der Waals surface area (Å²) in [6.07, 6.45) is 0. The molecule has 1 aromatic heterocycles. The second kappa shape index (κ2) is 5.37. The molecule has 0 aliphatic heterocycles. The zero-order valence-electron chi connectivity index (χ0n) is 9.68. The minimum Gasteiger partial charge on any atom is -0.465 e. The number of carbonyl (C=O) groups is 1. The Morgan fingerprint density at radius 3 is 2.67 bits per heavy atom. The number of esters is 1. The lowest BCUT2D eigenvalue weighted by Crippen LogP contribution is -2.17. The van der Waals surface area contributed by atoms with E-state index in [-0.39, 0.29) is 17.9 Å². The first-order valence-corrected chi connectivity index (χ1v) is 7.20. The highest BCUT2D eigenvalue weighted by Gasteiger charge is 2.26. The highest BCUT2D eigenvalue weighted by Crippen LogP contribution is 2.22. The van der Waals surface area contributed by atoms with E-state index in [0.29, 0.717) is 0 Å². The van der Waals surface area contributed by atoms with Gasteiger partial charge in [0.2, 0.25) is 0 Å². The third-order valence-corrected chi connectivity index (χ3v) is 3.32. The maximum atomic E-state index is 11.4. The number of nitrogens with zero attached hydrogens (tertiary/aromatic N) is 3. The lowest BCUT2D eigenvalue weighted by molar-refractivity contribution is -0.144. The standard InChI is InChI=1S/C9H10ClN3O4S/c1-3-17-8(14)5-13-9(18(10,15)16)7(4-11)6(2)12-13/h3,5H2,1-2H3. The van der Waals surface area contributed by atoms with Crippen LogP contribution >= 0.6 is 10.7 Å². The van der Waals surface area contributed by atoms with E-state index >= 15 is 0 Å². The number of hydrogen-bond donors (Lipinski definition) is 0. The molecule has 7 nitrogen and oxygen atoms in total. The molecule has 98 valence electrons. The Kier molecular flexibility index (Phi) is 4.32. The number of rotatable bonds is 4. The van der Waals surface area contributed by atoms with Crippen molar-refractivity contribution >= 4 is 25.7 Å². The van der Waals surface area contributed by atoms with E-state index in [1.54, 1.807) is 13.0 Å². The second-order valence-electron chi connectivity index (χ2n) is 3.28. The summed E-state index contributed by atoms with van der Waals surface area (Å²) in [5, 5.41) is 12.2. The molecule has 0 radical (unpaired) electrons. The van der Waals surface area contributed by atoms with Crippen LogP contribution in [0.4, 0.5) is 0 Å². The quantitative estimate of drug-likeness (QED) is 0.593. The van der Waals surface area contributed by atoms with E-state index in [1.165, 1.54) is 6.92 Å². The van der Waals surface area contributed by atoms with Crippen molar-refractivity contribution < 1.29 is 17.9 Å². The van der Waals surface area contributed by atoms with Crippen LogP contribution in [0.2, 0.25) is 0 Å². The van der Waals surface area contributed by atoms with E-state index in [0.717, 1.165) is 4.68 Å². The topological polar surface area (TPSA) is 102 Å². The van der Waals surface area contributed by atoms with Crippen molar-refractivity contribution in [2.45, 2.75) is 25.4 Å². The average molecular weight is 292 g/mol. The number of ether oxygens (including phenoxy) is 1. The van der Waals surface area contributed by atoms with E-state index in [9.17, 15) is 13.2 Å². The number of aryl methyl sites for hydroxylation is 1. The number of halogens is 1. The van der Waals surface area contributed by atoms with Crippen molar-refractivity contribution in [2.24, 2.45) is 0 Å². The molecule has 1 rings (SSSR count). The average Bonchev–Trinajstić information content (AvgIpc) is 2.53. The van der Waals surface area contributed by atoms with Gasteiger partial charge in [0.1, 0.15) is 18.2 Å². The number of carbonyl (C=O) groups excluding carboxylic acids is 1. The summed E-state index contributed by atoms with van der Waals surface area (Å²) in [4.78, 5) is 11.3. The molecule has 0 aliphatic carbocycles. The third kappa shape index (κ3) is 3.00. The Morgan fingerprint density at radius 2 is 2.22 bits per heavy atom. The van der Waals surface area contributed by atoms with Crippen LogP contribution in [-0.4, -0.2) is 30.8 Å². The van der Waals surface area contributed by atoms with E-state index in [1.807, 2.05) is 0 Å². The smallest absolute Gasteiger partial charge is 0.327 e. The van der Waals surface area contributed by atoms with Gasteiger partial charge in [0.05, 0.1) is 12.3 Å². The molecule has 18 heavy (non-hydrogen) atoms. The molecule has 0 atom stereocenters. The normalized spacial score (nSPS) is 11.0. The third-order valence-electron chi connectivity index (χ3n) is 2.01. The van der Waals surface area contributed by atoms with Gasteiger partial charge < -0.3 is 4.74 Å². The fourth-order valence-corrected chi connectivity index (χ4v) is 2.64. The molecule has 0 aromatic carbocycles. The molecule has 0 amide bonds. The first-order valence-electron chi connectivity index (χ1n) is 4.89. The molecule has 0 N–H and O–H groups in total. The summed E-state index contributed by atoms with van der Waals surface area (Å²) < 4.78 is 28.3. The number of aromatic nitrogens is 2. The molecule has 0 saturated carbocycles. The van der Waals surface area contributed by atoms with Crippen molar-refractivity contribution in [1.82, 2.24) is 9.78 Å². The molecule has 0 unspecified atom stereocenters. The molecular formula is C9H10ClN3O4S. The van der Waals surface area contributed by atoms with E-state index < -0.39 is 26.6 Å². The van der Waals surface area contributed by atoms with Crippen molar-refractivity contribution in [3.05, 3.63) is 11.3 Å². The van der Waals surface area contributed by atoms with Gasteiger partial charge in [-0.3, -0.25) is 4.79 Å². The van der Waals surface area contributed by atoms with Gasteiger partial charge >= 0.3 is 5.97 Å². The van der Waals surface area contributed by atoms with Gasteiger partial charge in [0, 0.05) is 10.7 Å². The number of nitriles is 1. The van der Waals surface area contributed by atoms with Crippen molar-refractivity contribution in [2.75, 3.05) is 6.61 Å². The zero-order chi connectivity index (χ0) is 13.9. The first-order chi connectivity index (χ1) is 8.31. The zero-order valence-corrected chi connectivity index (χ0v) is 11.2. The Bertz CT molecular complexity index is 614. The van der Waals surface area contributed by atoms with Crippen LogP contribution in [0.3, 0.4) is 0 Å². The largest absolute Gasteiger partial charge is 0.465 e.